The first kappa shape index (κ1) is 26.0. The van der Waals surface area contributed by atoms with Crippen LogP contribution < -0.4 is 20.5 Å². The van der Waals surface area contributed by atoms with Crippen molar-refractivity contribution < 1.29 is 49.4 Å². The van der Waals surface area contributed by atoms with Gasteiger partial charge in [-0.1, -0.05) is 6.07 Å². The van der Waals surface area contributed by atoms with Crippen molar-refractivity contribution in [1.82, 2.24) is 0 Å². The summed E-state index contributed by atoms with van der Waals surface area (Å²) in [6.45, 7) is -0.0185. The van der Waals surface area contributed by atoms with Crippen molar-refractivity contribution in [2.75, 3.05) is 17.7 Å². The lowest BCUT2D eigenvalue weighted by atomic mass is 9.83. The Bertz CT molecular complexity index is 1360. The normalized spacial score (nSPS) is 15.5. The van der Waals surface area contributed by atoms with Crippen LogP contribution in [0.3, 0.4) is 0 Å². The van der Waals surface area contributed by atoms with Crippen molar-refractivity contribution >= 4 is 17.3 Å². The van der Waals surface area contributed by atoms with Crippen LogP contribution in [0, 0.1) is 11.6 Å². The first-order valence-corrected chi connectivity index (χ1v) is 10.5. The van der Waals surface area contributed by atoms with E-state index in [2.05, 4.69) is 10.1 Å². The maximum atomic E-state index is 15.3. The molecule has 13 heteroatoms. The van der Waals surface area contributed by atoms with Gasteiger partial charge in [0.2, 0.25) is 0 Å². The predicted octanol–water partition coefficient (Wildman–Crippen LogP) is 6.63. The Hall–Kier alpha value is -4.03. The summed E-state index contributed by atoms with van der Waals surface area (Å²) in [4.78, 5) is 13.1. The molecule has 3 aromatic carbocycles. The fourth-order valence-corrected chi connectivity index (χ4v) is 4.04. The van der Waals surface area contributed by atoms with E-state index in [0.717, 1.165) is 36.4 Å². The average molecular weight is 532 g/mol. The molecule has 3 aromatic rings. The van der Waals surface area contributed by atoms with Crippen molar-refractivity contribution in [2.45, 2.75) is 24.9 Å². The van der Waals surface area contributed by atoms with Crippen molar-refractivity contribution in [3.8, 4) is 11.5 Å². The number of fused-ring (bicyclic) bond motifs is 1. The van der Waals surface area contributed by atoms with E-state index >= 15 is 4.39 Å². The number of nitrogens with two attached hydrogens (primary N) is 1. The van der Waals surface area contributed by atoms with Gasteiger partial charge >= 0.3 is 12.5 Å². The fourth-order valence-electron chi connectivity index (χ4n) is 4.04. The number of carbonyl (C=O) groups is 1. The lowest BCUT2D eigenvalue weighted by Gasteiger charge is -2.29. The van der Waals surface area contributed by atoms with Crippen LogP contribution in [0.1, 0.15) is 39.4 Å². The zero-order chi connectivity index (χ0) is 27.1. The number of nitrogens with one attached hydrogen (secondary N) is 1. The van der Waals surface area contributed by atoms with Crippen LogP contribution in [0.25, 0.3) is 0 Å². The van der Waals surface area contributed by atoms with E-state index in [4.69, 9.17) is 10.5 Å². The molecule has 5 nitrogen and oxygen atoms in total. The molecule has 0 aliphatic carbocycles. The maximum absolute atomic E-state index is 15.3. The van der Waals surface area contributed by atoms with Gasteiger partial charge in [-0.3, -0.25) is 4.79 Å². The second kappa shape index (κ2) is 9.45. The molecule has 0 bridgehead atoms. The van der Waals surface area contributed by atoms with E-state index in [1.165, 1.54) is 6.07 Å². The number of ether oxygens (including phenoxy) is 2. The molecule has 0 saturated carbocycles. The highest BCUT2D eigenvalue weighted by Crippen LogP contribution is 2.44. The summed E-state index contributed by atoms with van der Waals surface area (Å²) in [5.74, 6) is -5.59. The van der Waals surface area contributed by atoms with Crippen LogP contribution in [0.5, 0.6) is 11.5 Å². The molecule has 1 unspecified atom stereocenters. The van der Waals surface area contributed by atoms with Gasteiger partial charge in [0.1, 0.15) is 23.1 Å². The minimum absolute atomic E-state index is 0.00292. The van der Waals surface area contributed by atoms with Gasteiger partial charge in [0, 0.05) is 17.2 Å². The molecular weight excluding hydrogens is 516 g/mol. The number of nitrogen functional groups attached to an aromatic ring is 1. The second-order valence-electron chi connectivity index (χ2n) is 8.02. The van der Waals surface area contributed by atoms with Crippen molar-refractivity contribution in [3.05, 3.63) is 82.4 Å². The van der Waals surface area contributed by atoms with E-state index in [-0.39, 0.29) is 41.3 Å². The lowest BCUT2D eigenvalue weighted by Crippen LogP contribution is -2.24. The van der Waals surface area contributed by atoms with E-state index in [9.17, 15) is 35.5 Å². The molecule has 1 aliphatic heterocycles. The number of carbonyl (C=O) groups excluding carboxylic acids is 1. The Kier molecular flexibility index (Phi) is 6.65. The maximum Gasteiger partial charge on any atom is 0.573 e. The van der Waals surface area contributed by atoms with Gasteiger partial charge in [-0.15, -0.1) is 13.2 Å². The molecule has 0 spiro atoms. The third kappa shape index (κ3) is 5.54. The SMILES string of the molecule is Nc1cc(NC(=O)c2c(C3CCOc4ccc(OC(F)(F)F)cc43)ccc(C(F)(F)F)c2F)ccc1F. The first-order chi connectivity index (χ1) is 17.2. The molecule has 0 aromatic heterocycles. The summed E-state index contributed by atoms with van der Waals surface area (Å²) in [6.07, 6.45) is -10.2. The first-order valence-electron chi connectivity index (χ1n) is 10.5. The van der Waals surface area contributed by atoms with Gasteiger partial charge in [0.15, 0.2) is 0 Å². The molecule has 4 rings (SSSR count). The highest BCUT2D eigenvalue weighted by atomic mass is 19.4. The third-order valence-corrected chi connectivity index (χ3v) is 5.59. The Balaban J connectivity index is 1.84. The van der Waals surface area contributed by atoms with E-state index < -0.39 is 52.9 Å². The Morgan fingerprint density at radius 2 is 1.70 bits per heavy atom. The second-order valence-corrected chi connectivity index (χ2v) is 8.02. The van der Waals surface area contributed by atoms with E-state index in [1.807, 2.05) is 0 Å². The largest absolute Gasteiger partial charge is 0.573 e. The molecule has 196 valence electrons. The Morgan fingerprint density at radius 1 is 0.973 bits per heavy atom. The number of halogens is 8. The highest BCUT2D eigenvalue weighted by molar-refractivity contribution is 6.06. The number of rotatable bonds is 4. The summed E-state index contributed by atoms with van der Waals surface area (Å²) in [5.41, 5.74) is 2.06. The lowest BCUT2D eigenvalue weighted by molar-refractivity contribution is -0.274. The van der Waals surface area contributed by atoms with Crippen LogP contribution >= 0.6 is 0 Å². The highest BCUT2D eigenvalue weighted by Gasteiger charge is 2.39. The van der Waals surface area contributed by atoms with E-state index in [1.54, 1.807) is 0 Å². The molecule has 0 radical (unpaired) electrons. The molecule has 37 heavy (non-hydrogen) atoms. The van der Waals surface area contributed by atoms with Gasteiger partial charge in [0.25, 0.3) is 5.91 Å². The quantitative estimate of drug-likeness (QED) is 0.292. The number of hydrogen-bond donors (Lipinski definition) is 2. The molecular formula is C24H16F8N2O3. The van der Waals surface area contributed by atoms with Gasteiger partial charge in [-0.2, -0.15) is 13.2 Å². The molecule has 1 aliphatic rings. The summed E-state index contributed by atoms with van der Waals surface area (Å²) >= 11 is 0. The summed E-state index contributed by atoms with van der Waals surface area (Å²) in [7, 11) is 0. The van der Waals surface area contributed by atoms with Gasteiger partial charge < -0.3 is 20.5 Å². The van der Waals surface area contributed by atoms with Crippen molar-refractivity contribution in [1.29, 1.82) is 0 Å². The summed E-state index contributed by atoms with van der Waals surface area (Å²) in [5, 5.41) is 2.19. The fraction of sp³-hybridized carbons (Fsp3) is 0.208. The minimum Gasteiger partial charge on any atom is -0.493 e. The topological polar surface area (TPSA) is 73.6 Å². The zero-order valence-electron chi connectivity index (χ0n) is 18.4. The third-order valence-electron chi connectivity index (χ3n) is 5.59. The zero-order valence-corrected chi connectivity index (χ0v) is 18.4. The number of hydrogen-bond acceptors (Lipinski definition) is 4. The van der Waals surface area contributed by atoms with Crippen LogP contribution in [-0.4, -0.2) is 18.9 Å². The molecule has 1 amide bonds. The van der Waals surface area contributed by atoms with E-state index in [0.29, 0.717) is 6.07 Å². The standard InChI is InChI=1S/C24H16F8N2O3/c25-17-5-1-11(9-18(17)33)34-22(35)20-14(3-4-16(21(20)26)23(27,28)29)13-7-8-36-19-6-2-12(10-15(13)19)37-24(30,31)32/h1-6,9-10,13H,7-8,33H2,(H,34,35). The number of amides is 1. The van der Waals surface area contributed by atoms with Gasteiger partial charge in [-0.25, -0.2) is 8.78 Å². The number of anilines is 2. The number of benzene rings is 3. The van der Waals surface area contributed by atoms with Crippen LogP contribution in [-0.2, 0) is 6.18 Å². The molecule has 0 fully saturated rings. The molecule has 3 N–H and O–H groups in total. The number of alkyl halides is 6. The summed E-state index contributed by atoms with van der Waals surface area (Å²) < 4.78 is 117. The minimum atomic E-state index is -5.15. The van der Waals surface area contributed by atoms with Gasteiger partial charge in [0.05, 0.1) is 23.4 Å². The average Bonchev–Trinajstić information content (AvgIpc) is 2.79. The van der Waals surface area contributed by atoms with Crippen LogP contribution in [0.2, 0.25) is 0 Å². The molecule has 0 saturated heterocycles. The monoisotopic (exact) mass is 532 g/mol. The van der Waals surface area contributed by atoms with Crippen molar-refractivity contribution in [3.63, 3.8) is 0 Å². The molecule has 1 atom stereocenters. The Morgan fingerprint density at radius 3 is 2.35 bits per heavy atom. The smallest absolute Gasteiger partial charge is 0.493 e. The molecule has 1 heterocycles. The summed E-state index contributed by atoms with van der Waals surface area (Å²) in [6, 6.07) is 7.40. The van der Waals surface area contributed by atoms with Gasteiger partial charge in [-0.05, 0) is 54.4 Å². The predicted molar refractivity (Wildman–Crippen MR) is 115 cm³/mol. The Labute approximate surface area is 203 Å². The van der Waals surface area contributed by atoms with Crippen LogP contribution in [0.15, 0.2) is 48.5 Å². The van der Waals surface area contributed by atoms with Crippen molar-refractivity contribution in [2.24, 2.45) is 0 Å². The van der Waals surface area contributed by atoms with Crippen LogP contribution in [0.4, 0.5) is 46.5 Å².